The van der Waals surface area contributed by atoms with E-state index in [1.165, 1.54) is 0 Å². The summed E-state index contributed by atoms with van der Waals surface area (Å²) in [6.07, 6.45) is 0.959. The standard InChI is InChI=1S/C16H39NO4Si3/c1-11-16(17(22(5,6)7)23(8,9)10)24(18-4)20-14(2)12-19-13-15(3)21-24/h14-16H,11-13H2,1-10H3. The molecule has 1 heterocycles. The van der Waals surface area contributed by atoms with Gasteiger partial charge < -0.3 is 22.2 Å². The Morgan fingerprint density at radius 3 is 1.71 bits per heavy atom. The molecule has 3 atom stereocenters. The molecule has 144 valence electrons. The van der Waals surface area contributed by atoms with E-state index in [1.54, 1.807) is 7.11 Å². The van der Waals surface area contributed by atoms with Crippen LogP contribution < -0.4 is 0 Å². The Bertz CT molecular complexity index is 372. The summed E-state index contributed by atoms with van der Waals surface area (Å²) in [5, 5.41) is 0. The molecule has 5 nitrogen and oxygen atoms in total. The maximum atomic E-state index is 6.50. The first-order valence-electron chi connectivity index (χ1n) is 9.15. The fraction of sp³-hybridized carbons (Fsp3) is 1.00. The SMILES string of the molecule is CCC(N([Si](C)(C)C)[Si](C)(C)C)[Si]1(OC)OC(C)COCC(C)O1. The second-order valence-electron chi connectivity index (χ2n) is 8.84. The molecule has 8 heteroatoms. The van der Waals surface area contributed by atoms with Gasteiger partial charge in [0.2, 0.25) is 0 Å². The van der Waals surface area contributed by atoms with E-state index in [4.69, 9.17) is 18.0 Å². The second kappa shape index (κ2) is 8.43. The lowest BCUT2D eigenvalue weighted by Crippen LogP contribution is -2.74. The van der Waals surface area contributed by atoms with E-state index >= 15 is 0 Å². The van der Waals surface area contributed by atoms with Gasteiger partial charge in [-0.15, -0.1) is 0 Å². The molecule has 0 aromatic rings. The number of hydrogen-bond acceptors (Lipinski definition) is 5. The van der Waals surface area contributed by atoms with E-state index < -0.39 is 25.3 Å². The first kappa shape index (κ1) is 22.5. The van der Waals surface area contributed by atoms with Crippen LogP contribution in [0.5, 0.6) is 0 Å². The predicted octanol–water partition coefficient (Wildman–Crippen LogP) is 3.70. The van der Waals surface area contributed by atoms with Crippen LogP contribution in [-0.4, -0.2) is 67.7 Å². The Morgan fingerprint density at radius 2 is 1.42 bits per heavy atom. The minimum atomic E-state index is -2.86. The molecule has 24 heavy (non-hydrogen) atoms. The topological polar surface area (TPSA) is 40.2 Å². The monoisotopic (exact) mass is 393 g/mol. The molecule has 0 N–H and O–H groups in total. The van der Waals surface area contributed by atoms with E-state index in [2.05, 4.69) is 64.3 Å². The van der Waals surface area contributed by atoms with Crippen molar-refractivity contribution < 1.29 is 18.0 Å². The van der Waals surface area contributed by atoms with E-state index in [0.29, 0.717) is 13.2 Å². The number of rotatable bonds is 6. The van der Waals surface area contributed by atoms with Crippen molar-refractivity contribution in [2.75, 3.05) is 20.3 Å². The third-order valence-electron chi connectivity index (χ3n) is 4.27. The zero-order valence-electron chi connectivity index (χ0n) is 17.4. The molecule has 0 aliphatic carbocycles. The normalized spacial score (nSPS) is 31.6. The molecule has 1 fully saturated rings. The van der Waals surface area contributed by atoms with Crippen molar-refractivity contribution >= 4 is 25.3 Å². The van der Waals surface area contributed by atoms with Crippen LogP contribution in [0.1, 0.15) is 27.2 Å². The van der Waals surface area contributed by atoms with Crippen molar-refractivity contribution in [2.45, 2.75) is 84.3 Å². The zero-order chi connectivity index (χ0) is 18.8. The molecule has 0 aromatic carbocycles. The summed E-state index contributed by atoms with van der Waals surface area (Å²) in [6, 6.07) is 0. The van der Waals surface area contributed by atoms with Crippen LogP contribution in [0.3, 0.4) is 0 Å². The number of ether oxygens (including phenoxy) is 1. The highest BCUT2D eigenvalue weighted by Gasteiger charge is 2.57. The molecule has 1 rings (SSSR count). The fourth-order valence-corrected chi connectivity index (χ4v) is 20.4. The maximum Gasteiger partial charge on any atom is 0.518 e. The first-order valence-corrected chi connectivity index (χ1v) is 17.8. The average Bonchev–Trinajstić information content (AvgIpc) is 2.39. The molecule has 0 radical (unpaired) electrons. The van der Waals surface area contributed by atoms with Gasteiger partial charge in [-0.05, 0) is 20.3 Å². The Labute approximate surface area is 152 Å². The summed E-state index contributed by atoms with van der Waals surface area (Å²) in [7, 11) is -4.23. The van der Waals surface area contributed by atoms with Gasteiger partial charge in [-0.2, -0.15) is 0 Å². The lowest BCUT2D eigenvalue weighted by molar-refractivity contribution is -0.0745. The van der Waals surface area contributed by atoms with Crippen molar-refractivity contribution in [1.29, 1.82) is 0 Å². The molecule has 0 bridgehead atoms. The van der Waals surface area contributed by atoms with Gasteiger partial charge in [0.05, 0.1) is 31.1 Å². The lowest BCUT2D eigenvalue weighted by atomic mass is 10.4. The van der Waals surface area contributed by atoms with Crippen LogP contribution in [0.4, 0.5) is 0 Å². The summed E-state index contributed by atoms with van der Waals surface area (Å²) >= 11 is 0. The van der Waals surface area contributed by atoms with Gasteiger partial charge in [0.1, 0.15) is 16.5 Å². The van der Waals surface area contributed by atoms with Crippen molar-refractivity contribution in [2.24, 2.45) is 0 Å². The zero-order valence-corrected chi connectivity index (χ0v) is 20.4. The van der Waals surface area contributed by atoms with Gasteiger partial charge in [0.15, 0.2) is 0 Å². The second-order valence-corrected chi connectivity index (χ2v) is 21.7. The number of hydrogen-bond donors (Lipinski definition) is 0. The molecule has 0 saturated carbocycles. The van der Waals surface area contributed by atoms with Crippen LogP contribution in [0.15, 0.2) is 0 Å². The molecule has 1 saturated heterocycles. The molecular formula is C16H39NO4Si3. The van der Waals surface area contributed by atoms with Gasteiger partial charge in [-0.1, -0.05) is 46.2 Å². The van der Waals surface area contributed by atoms with Gasteiger partial charge in [-0.3, -0.25) is 0 Å². The van der Waals surface area contributed by atoms with Crippen molar-refractivity contribution in [3.05, 3.63) is 0 Å². The summed E-state index contributed by atoms with van der Waals surface area (Å²) in [5.41, 5.74) is 0.212. The van der Waals surface area contributed by atoms with E-state index in [9.17, 15) is 0 Å². The Hall–Kier alpha value is 0.451. The highest BCUT2D eigenvalue weighted by molar-refractivity contribution is 6.91. The van der Waals surface area contributed by atoms with E-state index in [-0.39, 0.29) is 17.9 Å². The summed E-state index contributed by atoms with van der Waals surface area (Å²) in [5.74, 6) is 0. The fourth-order valence-electron chi connectivity index (χ4n) is 3.98. The van der Waals surface area contributed by atoms with Crippen molar-refractivity contribution in [3.63, 3.8) is 0 Å². The Morgan fingerprint density at radius 1 is 1.00 bits per heavy atom. The van der Waals surface area contributed by atoms with Gasteiger partial charge >= 0.3 is 8.80 Å². The average molecular weight is 394 g/mol. The predicted molar refractivity (Wildman–Crippen MR) is 107 cm³/mol. The molecular weight excluding hydrogens is 354 g/mol. The van der Waals surface area contributed by atoms with Gasteiger partial charge in [0, 0.05) is 7.11 Å². The highest BCUT2D eigenvalue weighted by atomic mass is 28.4. The molecule has 0 aromatic heterocycles. The van der Waals surface area contributed by atoms with Gasteiger partial charge in [-0.25, -0.2) is 0 Å². The minimum Gasteiger partial charge on any atom is -0.376 e. The van der Waals surface area contributed by atoms with E-state index in [1.807, 2.05) is 0 Å². The van der Waals surface area contributed by atoms with Gasteiger partial charge in [0.25, 0.3) is 0 Å². The molecule has 0 spiro atoms. The van der Waals surface area contributed by atoms with Crippen molar-refractivity contribution in [1.82, 2.24) is 4.23 Å². The molecule has 1 aliphatic heterocycles. The molecule has 0 amide bonds. The number of nitrogens with zero attached hydrogens (tertiary/aromatic N) is 1. The van der Waals surface area contributed by atoms with Crippen LogP contribution in [-0.2, 0) is 18.0 Å². The summed E-state index contributed by atoms with van der Waals surface area (Å²) in [6.45, 7) is 22.1. The Kier molecular flexibility index (Phi) is 7.90. The maximum absolute atomic E-state index is 6.50. The smallest absolute Gasteiger partial charge is 0.376 e. The molecule has 3 unspecified atom stereocenters. The largest absolute Gasteiger partial charge is 0.518 e. The summed E-state index contributed by atoms with van der Waals surface area (Å²) < 4.78 is 27.6. The van der Waals surface area contributed by atoms with Crippen LogP contribution in [0.25, 0.3) is 0 Å². The third-order valence-corrected chi connectivity index (χ3v) is 15.8. The van der Waals surface area contributed by atoms with Crippen LogP contribution >= 0.6 is 0 Å². The first-order chi connectivity index (χ1) is 10.9. The third kappa shape index (κ3) is 5.47. The van der Waals surface area contributed by atoms with Crippen molar-refractivity contribution in [3.8, 4) is 0 Å². The van der Waals surface area contributed by atoms with E-state index in [0.717, 1.165) is 6.42 Å². The quantitative estimate of drug-likeness (QED) is 0.643. The lowest BCUT2D eigenvalue weighted by Gasteiger charge is -2.53. The van der Waals surface area contributed by atoms with Crippen LogP contribution in [0.2, 0.25) is 39.3 Å². The summed E-state index contributed by atoms with van der Waals surface area (Å²) in [4.78, 5) is 0. The van der Waals surface area contributed by atoms with Crippen LogP contribution in [0, 0.1) is 0 Å². The Balaban J connectivity index is 3.36. The highest BCUT2D eigenvalue weighted by Crippen LogP contribution is 2.33. The minimum absolute atomic E-state index is 0.0108. The molecule has 1 aliphatic rings.